The highest BCUT2D eigenvalue weighted by atomic mass is 32.1. The van der Waals surface area contributed by atoms with Crippen LogP contribution in [0.5, 0.6) is 5.75 Å². The number of hydrogen-bond acceptors (Lipinski definition) is 4. The van der Waals surface area contributed by atoms with Gasteiger partial charge in [-0.15, -0.1) is 0 Å². The van der Waals surface area contributed by atoms with Crippen molar-refractivity contribution in [3.05, 3.63) is 29.8 Å². The van der Waals surface area contributed by atoms with E-state index >= 15 is 0 Å². The number of imide groups is 1. The van der Waals surface area contributed by atoms with Crippen molar-refractivity contribution >= 4 is 29.3 Å². The lowest BCUT2D eigenvalue weighted by molar-refractivity contribution is -0.132. The second-order valence-corrected chi connectivity index (χ2v) is 5.03. The minimum absolute atomic E-state index is 0.174. The summed E-state index contributed by atoms with van der Waals surface area (Å²) in [6.07, 6.45) is 0. The second kappa shape index (κ2) is 5.57. The Kier molecular flexibility index (Phi) is 3.99. The first-order chi connectivity index (χ1) is 9.92. The van der Waals surface area contributed by atoms with E-state index in [2.05, 4.69) is 16.1 Å². The van der Waals surface area contributed by atoms with Gasteiger partial charge in [0.1, 0.15) is 11.3 Å². The average molecular weight is 308 g/mol. The molecule has 0 aliphatic carbocycles. The van der Waals surface area contributed by atoms with Crippen molar-refractivity contribution in [2.45, 2.75) is 12.5 Å². The highest BCUT2D eigenvalue weighted by Crippen LogP contribution is 2.30. The molecule has 2 rings (SSSR count). The lowest BCUT2D eigenvalue weighted by atomic mass is 9.92. The third kappa shape index (κ3) is 2.62. The fourth-order valence-corrected chi connectivity index (χ4v) is 2.12. The van der Waals surface area contributed by atoms with E-state index in [0.717, 1.165) is 5.01 Å². The van der Waals surface area contributed by atoms with Crippen LogP contribution in [-0.2, 0) is 10.3 Å². The molecule has 0 saturated carbocycles. The molecular weight excluding hydrogens is 292 g/mol. The zero-order valence-electron chi connectivity index (χ0n) is 11.9. The Morgan fingerprint density at radius 2 is 2.14 bits per heavy atom. The summed E-state index contributed by atoms with van der Waals surface area (Å²) in [4.78, 5) is 24.5. The number of thiocarbonyl (C=S) groups is 1. The van der Waals surface area contributed by atoms with Gasteiger partial charge in [0.15, 0.2) is 5.11 Å². The van der Waals surface area contributed by atoms with E-state index in [0.29, 0.717) is 11.3 Å². The maximum Gasteiger partial charge on any atom is 0.344 e. The van der Waals surface area contributed by atoms with Gasteiger partial charge < -0.3 is 15.4 Å². The van der Waals surface area contributed by atoms with Crippen LogP contribution in [0.15, 0.2) is 24.3 Å². The maximum absolute atomic E-state index is 12.5. The Balaban J connectivity index is 2.33. The van der Waals surface area contributed by atoms with E-state index in [1.165, 1.54) is 7.11 Å². The summed E-state index contributed by atoms with van der Waals surface area (Å²) >= 11 is 4.91. The summed E-state index contributed by atoms with van der Waals surface area (Å²) in [6.45, 7) is 1.63. The van der Waals surface area contributed by atoms with Crippen LogP contribution >= 0.6 is 12.2 Å². The maximum atomic E-state index is 12.5. The van der Waals surface area contributed by atoms with Crippen LogP contribution in [0, 0.1) is 0 Å². The standard InChI is InChI=1S/C13H16N4O3S/c1-13(8-5-4-6-9(7-8)20-3)10(18)17(12(19)15-13)16-11(21)14-2/h4-7H,1-3H3,(H,15,19)(H2,14,16,21). The highest BCUT2D eigenvalue weighted by molar-refractivity contribution is 7.80. The van der Waals surface area contributed by atoms with Gasteiger partial charge in [-0.1, -0.05) is 12.1 Å². The molecule has 1 aliphatic rings. The number of benzene rings is 1. The summed E-state index contributed by atoms with van der Waals surface area (Å²) < 4.78 is 5.15. The van der Waals surface area contributed by atoms with E-state index < -0.39 is 17.5 Å². The SMILES string of the molecule is CNC(=S)NN1C(=O)NC(C)(c2cccc(OC)c2)C1=O. The predicted octanol–water partition coefficient (Wildman–Crippen LogP) is 0.471. The van der Waals surface area contributed by atoms with Crippen LogP contribution in [0.4, 0.5) is 4.79 Å². The lowest BCUT2D eigenvalue weighted by Gasteiger charge is -2.22. The molecule has 1 aromatic rings. The molecule has 0 bridgehead atoms. The van der Waals surface area contributed by atoms with E-state index in [9.17, 15) is 9.59 Å². The van der Waals surface area contributed by atoms with E-state index in [-0.39, 0.29) is 5.11 Å². The van der Waals surface area contributed by atoms with Crippen molar-refractivity contribution in [2.24, 2.45) is 0 Å². The molecule has 1 aromatic carbocycles. The predicted molar refractivity (Wildman–Crippen MR) is 80.5 cm³/mol. The fourth-order valence-electron chi connectivity index (χ4n) is 2.03. The molecule has 0 spiro atoms. The summed E-state index contributed by atoms with van der Waals surface area (Å²) in [5.74, 6) is 0.159. The van der Waals surface area contributed by atoms with Gasteiger partial charge in [0, 0.05) is 7.05 Å². The first kappa shape index (κ1) is 15.0. The molecule has 112 valence electrons. The van der Waals surface area contributed by atoms with Crippen molar-refractivity contribution < 1.29 is 14.3 Å². The zero-order valence-corrected chi connectivity index (χ0v) is 12.7. The van der Waals surface area contributed by atoms with Crippen molar-refractivity contribution in [3.63, 3.8) is 0 Å². The average Bonchev–Trinajstić information content (AvgIpc) is 2.71. The van der Waals surface area contributed by atoms with Gasteiger partial charge in [0.05, 0.1) is 7.11 Å². The van der Waals surface area contributed by atoms with Gasteiger partial charge in [-0.25, -0.2) is 4.79 Å². The van der Waals surface area contributed by atoms with E-state index in [1.807, 2.05) is 0 Å². The lowest BCUT2D eigenvalue weighted by Crippen LogP contribution is -2.50. The summed E-state index contributed by atoms with van der Waals surface area (Å²) in [6, 6.07) is 6.41. The Morgan fingerprint density at radius 1 is 1.43 bits per heavy atom. The molecule has 8 heteroatoms. The normalized spacial score (nSPS) is 21.0. The number of hydrazine groups is 1. The minimum Gasteiger partial charge on any atom is -0.497 e. The van der Waals surface area contributed by atoms with Crippen molar-refractivity contribution in [2.75, 3.05) is 14.2 Å². The number of rotatable bonds is 3. The molecule has 3 N–H and O–H groups in total. The summed E-state index contributed by atoms with van der Waals surface area (Å²) in [7, 11) is 3.13. The van der Waals surface area contributed by atoms with Gasteiger partial charge in [0.25, 0.3) is 5.91 Å². The number of urea groups is 1. The van der Waals surface area contributed by atoms with Gasteiger partial charge in [0.2, 0.25) is 0 Å². The smallest absolute Gasteiger partial charge is 0.344 e. The number of methoxy groups -OCH3 is 1. The molecule has 3 amide bonds. The van der Waals surface area contributed by atoms with Crippen LogP contribution in [-0.4, -0.2) is 36.2 Å². The zero-order chi connectivity index (χ0) is 15.6. The first-order valence-electron chi connectivity index (χ1n) is 6.22. The number of nitrogens with one attached hydrogen (secondary N) is 3. The third-order valence-electron chi connectivity index (χ3n) is 3.28. The van der Waals surface area contributed by atoms with Crippen LogP contribution in [0.3, 0.4) is 0 Å². The number of amides is 3. The minimum atomic E-state index is -1.18. The Bertz CT molecular complexity index is 607. The fraction of sp³-hybridized carbons (Fsp3) is 0.308. The quantitative estimate of drug-likeness (QED) is 0.556. The molecule has 1 heterocycles. The molecule has 1 unspecified atom stereocenters. The van der Waals surface area contributed by atoms with E-state index in [4.69, 9.17) is 17.0 Å². The molecule has 1 fully saturated rings. The number of ether oxygens (including phenoxy) is 1. The number of hydrogen-bond donors (Lipinski definition) is 3. The van der Waals surface area contributed by atoms with Crippen molar-refractivity contribution in [3.8, 4) is 5.75 Å². The summed E-state index contributed by atoms with van der Waals surface area (Å²) in [5.41, 5.74) is 1.99. The Hall–Kier alpha value is -2.35. The summed E-state index contributed by atoms with van der Waals surface area (Å²) in [5, 5.41) is 6.34. The molecule has 1 aliphatic heterocycles. The van der Waals surface area contributed by atoms with Crippen molar-refractivity contribution in [1.82, 2.24) is 21.1 Å². The molecule has 1 saturated heterocycles. The van der Waals surface area contributed by atoms with Crippen LogP contribution in [0.25, 0.3) is 0 Å². The van der Waals surface area contributed by atoms with Gasteiger partial charge in [-0.05, 0) is 36.8 Å². The van der Waals surface area contributed by atoms with Crippen LogP contribution in [0.1, 0.15) is 12.5 Å². The van der Waals surface area contributed by atoms with Crippen LogP contribution in [0.2, 0.25) is 0 Å². The van der Waals surface area contributed by atoms with Gasteiger partial charge in [-0.2, -0.15) is 5.01 Å². The highest BCUT2D eigenvalue weighted by Gasteiger charge is 2.49. The monoisotopic (exact) mass is 308 g/mol. The molecule has 0 aromatic heterocycles. The van der Waals surface area contributed by atoms with Crippen molar-refractivity contribution in [1.29, 1.82) is 0 Å². The largest absolute Gasteiger partial charge is 0.497 e. The van der Waals surface area contributed by atoms with Gasteiger partial charge in [-0.3, -0.25) is 10.2 Å². The second-order valence-electron chi connectivity index (χ2n) is 4.62. The third-order valence-corrected chi connectivity index (χ3v) is 3.57. The van der Waals surface area contributed by atoms with E-state index in [1.54, 1.807) is 38.2 Å². The molecule has 0 radical (unpaired) electrons. The molecular formula is C13H16N4O3S. The number of nitrogens with zero attached hydrogens (tertiary/aromatic N) is 1. The number of carbonyl (C=O) groups excluding carboxylic acids is 2. The van der Waals surface area contributed by atoms with Crippen LogP contribution < -0.4 is 20.8 Å². The van der Waals surface area contributed by atoms with Gasteiger partial charge >= 0.3 is 6.03 Å². The Morgan fingerprint density at radius 3 is 2.76 bits per heavy atom. The topological polar surface area (TPSA) is 82.7 Å². The molecule has 7 nitrogen and oxygen atoms in total. The molecule has 21 heavy (non-hydrogen) atoms. The molecule has 1 atom stereocenters. The first-order valence-corrected chi connectivity index (χ1v) is 6.63. The number of carbonyl (C=O) groups is 2. The Labute approximate surface area is 127 Å².